The first kappa shape index (κ1) is 16.9. The fourth-order valence-corrected chi connectivity index (χ4v) is 3.42. The van der Waals surface area contributed by atoms with E-state index in [0.717, 1.165) is 18.5 Å². The molecule has 0 saturated heterocycles. The predicted octanol–water partition coefficient (Wildman–Crippen LogP) is 3.44. The lowest BCUT2D eigenvalue weighted by Gasteiger charge is -2.38. The maximum atomic E-state index is 14.3. The number of nitrogens with zero attached hydrogens (tertiary/aromatic N) is 1. The van der Waals surface area contributed by atoms with Crippen LogP contribution in [0.5, 0.6) is 0 Å². The van der Waals surface area contributed by atoms with Gasteiger partial charge in [0.2, 0.25) is 0 Å². The number of hydrogen-bond donors (Lipinski definition) is 1. The van der Waals surface area contributed by atoms with E-state index in [9.17, 15) is 9.18 Å². The Kier molecular flexibility index (Phi) is 4.58. The van der Waals surface area contributed by atoms with E-state index in [1.165, 1.54) is 6.07 Å². The van der Waals surface area contributed by atoms with Gasteiger partial charge in [-0.05, 0) is 51.9 Å². The molecule has 2 aliphatic rings. The van der Waals surface area contributed by atoms with Crippen LogP contribution in [0.4, 0.5) is 4.39 Å². The van der Waals surface area contributed by atoms with E-state index in [1.54, 1.807) is 32.0 Å². The summed E-state index contributed by atoms with van der Waals surface area (Å²) in [5, 5.41) is 3.67. The summed E-state index contributed by atoms with van der Waals surface area (Å²) in [6, 6.07) is 6.09. The second kappa shape index (κ2) is 6.51. The largest absolute Gasteiger partial charge is 0.459 e. The first-order chi connectivity index (χ1) is 11.4. The second-order valence-corrected chi connectivity index (χ2v) is 6.85. The number of benzene rings is 1. The van der Waals surface area contributed by atoms with Crippen LogP contribution >= 0.6 is 12.2 Å². The van der Waals surface area contributed by atoms with Crippen molar-refractivity contribution in [3.05, 3.63) is 46.9 Å². The minimum absolute atomic E-state index is 0.248. The fourth-order valence-electron chi connectivity index (χ4n) is 3.01. The average molecular weight is 348 g/mol. The molecule has 1 aromatic rings. The highest BCUT2D eigenvalue weighted by Gasteiger charge is 2.41. The van der Waals surface area contributed by atoms with Gasteiger partial charge in [0.25, 0.3) is 0 Å². The zero-order valence-corrected chi connectivity index (χ0v) is 14.8. The molecule has 1 aromatic carbocycles. The molecule has 1 saturated carbocycles. The Morgan fingerprint density at radius 3 is 2.62 bits per heavy atom. The number of esters is 1. The van der Waals surface area contributed by atoms with Gasteiger partial charge < -0.3 is 15.0 Å². The smallest absolute Gasteiger partial charge is 0.338 e. The minimum Gasteiger partial charge on any atom is -0.459 e. The topological polar surface area (TPSA) is 41.6 Å². The molecule has 1 aliphatic carbocycles. The molecule has 0 bridgehead atoms. The molecule has 4 nitrogen and oxygen atoms in total. The second-order valence-electron chi connectivity index (χ2n) is 6.46. The monoisotopic (exact) mass is 348 g/mol. The van der Waals surface area contributed by atoms with Crippen LogP contribution < -0.4 is 5.32 Å². The third kappa shape index (κ3) is 3.15. The van der Waals surface area contributed by atoms with Gasteiger partial charge in [-0.25, -0.2) is 9.18 Å². The summed E-state index contributed by atoms with van der Waals surface area (Å²) in [7, 11) is 0. The SMILES string of the molecule is CC1=C(C(=O)OC(C)C)C(c2ccccc2F)NC(=S)N1C1CC1. The molecule has 24 heavy (non-hydrogen) atoms. The molecular weight excluding hydrogens is 327 g/mol. The number of halogens is 1. The average Bonchev–Trinajstić information content (AvgIpc) is 3.31. The standard InChI is InChI=1S/C18H21FN2O2S/c1-10(2)23-17(22)15-11(3)21(12-8-9-12)18(24)20-16(15)13-6-4-5-7-14(13)19/h4-7,10,12,16H,8-9H2,1-3H3,(H,20,24). The number of carbonyl (C=O) groups excluding carboxylic acids is 1. The van der Waals surface area contributed by atoms with Gasteiger partial charge in [0.1, 0.15) is 5.82 Å². The number of allylic oxidation sites excluding steroid dienone is 1. The first-order valence-electron chi connectivity index (χ1n) is 8.16. The lowest BCUT2D eigenvalue weighted by Crippen LogP contribution is -2.49. The molecule has 1 N–H and O–H groups in total. The van der Waals surface area contributed by atoms with Crippen molar-refractivity contribution in [2.24, 2.45) is 0 Å². The van der Waals surface area contributed by atoms with Crippen molar-refractivity contribution in [2.75, 3.05) is 0 Å². The summed E-state index contributed by atoms with van der Waals surface area (Å²) >= 11 is 5.47. The minimum atomic E-state index is -0.639. The Labute approximate surface area is 146 Å². The highest BCUT2D eigenvalue weighted by Crippen LogP contribution is 2.38. The van der Waals surface area contributed by atoms with Gasteiger partial charge in [-0.3, -0.25) is 0 Å². The van der Waals surface area contributed by atoms with E-state index in [1.807, 2.05) is 11.8 Å². The van der Waals surface area contributed by atoms with Gasteiger partial charge >= 0.3 is 5.97 Å². The predicted molar refractivity (Wildman–Crippen MR) is 93.7 cm³/mol. The Hall–Kier alpha value is -1.95. The first-order valence-corrected chi connectivity index (χ1v) is 8.57. The van der Waals surface area contributed by atoms with Crippen LogP contribution in [0.2, 0.25) is 0 Å². The molecule has 3 rings (SSSR count). The number of nitrogens with one attached hydrogen (secondary N) is 1. The Bertz CT molecular complexity index is 713. The molecule has 1 fully saturated rings. The van der Waals surface area contributed by atoms with Crippen molar-refractivity contribution in [3.8, 4) is 0 Å². The Balaban J connectivity index is 2.07. The van der Waals surface area contributed by atoms with Crippen molar-refractivity contribution in [2.45, 2.75) is 51.8 Å². The van der Waals surface area contributed by atoms with E-state index in [-0.39, 0.29) is 11.9 Å². The molecule has 1 unspecified atom stereocenters. The van der Waals surface area contributed by atoms with Crippen LogP contribution in [0.3, 0.4) is 0 Å². The summed E-state index contributed by atoms with van der Waals surface area (Å²) < 4.78 is 19.7. The highest BCUT2D eigenvalue weighted by atomic mass is 32.1. The van der Waals surface area contributed by atoms with Gasteiger partial charge in [0.05, 0.1) is 17.7 Å². The summed E-state index contributed by atoms with van der Waals surface area (Å²) in [6.07, 6.45) is 1.83. The third-order valence-corrected chi connectivity index (χ3v) is 4.53. The number of hydrogen-bond acceptors (Lipinski definition) is 3. The van der Waals surface area contributed by atoms with Crippen molar-refractivity contribution in [1.29, 1.82) is 0 Å². The van der Waals surface area contributed by atoms with E-state index in [2.05, 4.69) is 5.32 Å². The quantitative estimate of drug-likeness (QED) is 0.667. The zero-order chi connectivity index (χ0) is 17.4. The van der Waals surface area contributed by atoms with Gasteiger partial charge in [-0.15, -0.1) is 0 Å². The van der Waals surface area contributed by atoms with Crippen molar-refractivity contribution >= 4 is 23.3 Å². The molecule has 1 atom stereocenters. The summed E-state index contributed by atoms with van der Waals surface area (Å²) in [5.41, 5.74) is 1.57. The molecule has 1 heterocycles. The molecule has 0 radical (unpaired) electrons. The number of rotatable bonds is 4. The molecule has 0 spiro atoms. The number of thiocarbonyl (C=S) groups is 1. The lowest BCUT2D eigenvalue weighted by molar-refractivity contribution is -0.143. The van der Waals surface area contributed by atoms with Crippen molar-refractivity contribution < 1.29 is 13.9 Å². The van der Waals surface area contributed by atoms with E-state index < -0.39 is 12.0 Å². The van der Waals surface area contributed by atoms with Gasteiger partial charge in [-0.1, -0.05) is 18.2 Å². The van der Waals surface area contributed by atoms with Crippen LogP contribution in [0, 0.1) is 5.82 Å². The summed E-state index contributed by atoms with van der Waals surface area (Å²) in [6.45, 7) is 5.45. The van der Waals surface area contributed by atoms with E-state index in [4.69, 9.17) is 17.0 Å². The van der Waals surface area contributed by atoms with Gasteiger partial charge in [-0.2, -0.15) is 0 Å². The Morgan fingerprint density at radius 1 is 1.38 bits per heavy atom. The lowest BCUT2D eigenvalue weighted by atomic mass is 9.94. The van der Waals surface area contributed by atoms with E-state index in [0.29, 0.717) is 22.3 Å². The number of carbonyl (C=O) groups is 1. The molecular formula is C18H21FN2O2S. The number of ether oxygens (including phenoxy) is 1. The highest BCUT2D eigenvalue weighted by molar-refractivity contribution is 7.80. The van der Waals surface area contributed by atoms with Crippen LogP contribution in [0.1, 0.15) is 45.2 Å². The van der Waals surface area contributed by atoms with Crippen LogP contribution in [0.25, 0.3) is 0 Å². The molecule has 6 heteroatoms. The summed E-state index contributed by atoms with van der Waals surface area (Å²) in [5.74, 6) is -0.809. The third-order valence-electron chi connectivity index (χ3n) is 4.22. The zero-order valence-electron chi connectivity index (χ0n) is 14.0. The van der Waals surface area contributed by atoms with Crippen LogP contribution in [0.15, 0.2) is 35.5 Å². The normalized spacial score (nSPS) is 21.1. The van der Waals surface area contributed by atoms with Crippen molar-refractivity contribution in [1.82, 2.24) is 10.2 Å². The maximum Gasteiger partial charge on any atom is 0.338 e. The molecule has 0 aromatic heterocycles. The van der Waals surface area contributed by atoms with Crippen molar-refractivity contribution in [3.63, 3.8) is 0 Å². The molecule has 1 aliphatic heterocycles. The Morgan fingerprint density at radius 2 is 2.04 bits per heavy atom. The van der Waals surface area contributed by atoms with Crippen LogP contribution in [-0.2, 0) is 9.53 Å². The summed E-state index contributed by atoms with van der Waals surface area (Å²) in [4.78, 5) is 14.7. The fraction of sp³-hybridized carbons (Fsp3) is 0.444. The van der Waals surface area contributed by atoms with Gasteiger partial charge in [0.15, 0.2) is 5.11 Å². The molecule has 0 amide bonds. The molecule has 128 valence electrons. The van der Waals surface area contributed by atoms with E-state index >= 15 is 0 Å². The van der Waals surface area contributed by atoms with Crippen LogP contribution in [-0.4, -0.2) is 28.1 Å². The van der Waals surface area contributed by atoms with Gasteiger partial charge in [0, 0.05) is 17.3 Å². The maximum absolute atomic E-state index is 14.3.